The fraction of sp³-hybridized carbons (Fsp3) is 0.476. The maximum Gasteiger partial charge on any atom is 0.265 e. The summed E-state index contributed by atoms with van der Waals surface area (Å²) < 4.78 is 5.56. The first-order valence-electron chi connectivity index (χ1n) is 10.3. The third kappa shape index (κ3) is 3.43. The molecular formula is C21H25N7O. The van der Waals surface area contributed by atoms with Crippen LogP contribution in [0, 0.1) is 0 Å². The van der Waals surface area contributed by atoms with Gasteiger partial charge in [-0.2, -0.15) is 4.98 Å². The Balaban J connectivity index is 1.47. The van der Waals surface area contributed by atoms with Crippen LogP contribution in [-0.2, 0) is 12.8 Å². The zero-order valence-electron chi connectivity index (χ0n) is 16.9. The average molecular weight is 391 g/mol. The Labute approximate surface area is 170 Å². The Morgan fingerprint density at radius 2 is 2.03 bits per heavy atom. The van der Waals surface area contributed by atoms with E-state index < -0.39 is 0 Å². The van der Waals surface area contributed by atoms with Gasteiger partial charge in [0.15, 0.2) is 5.82 Å². The van der Waals surface area contributed by atoms with Crippen molar-refractivity contribution in [2.75, 3.05) is 37.0 Å². The van der Waals surface area contributed by atoms with Crippen LogP contribution < -0.4 is 9.80 Å². The van der Waals surface area contributed by atoms with Crippen LogP contribution in [0.5, 0.6) is 0 Å². The molecule has 4 heterocycles. The van der Waals surface area contributed by atoms with E-state index in [1.54, 1.807) is 6.20 Å². The molecule has 1 fully saturated rings. The first kappa shape index (κ1) is 18.0. The zero-order chi connectivity index (χ0) is 19.8. The first-order valence-corrected chi connectivity index (χ1v) is 10.3. The first-order chi connectivity index (χ1) is 14.2. The molecule has 0 spiro atoms. The van der Waals surface area contributed by atoms with Crippen LogP contribution in [-0.4, -0.2) is 52.3 Å². The summed E-state index contributed by atoms with van der Waals surface area (Å²) in [5.41, 5.74) is 3.29. The van der Waals surface area contributed by atoms with E-state index in [9.17, 15) is 0 Å². The summed E-state index contributed by atoms with van der Waals surface area (Å²) in [6, 6.07) is 5.87. The zero-order valence-corrected chi connectivity index (χ0v) is 16.9. The molecule has 1 aliphatic carbocycles. The molecule has 3 aromatic heterocycles. The summed E-state index contributed by atoms with van der Waals surface area (Å²) in [6.45, 7) is 1.82. The van der Waals surface area contributed by atoms with Crippen molar-refractivity contribution in [3.8, 4) is 11.5 Å². The number of anilines is 2. The van der Waals surface area contributed by atoms with E-state index in [0.717, 1.165) is 62.5 Å². The largest absolute Gasteiger partial charge is 0.355 e. The van der Waals surface area contributed by atoms with Crippen molar-refractivity contribution in [1.82, 2.24) is 25.1 Å². The van der Waals surface area contributed by atoms with Gasteiger partial charge in [0.1, 0.15) is 11.5 Å². The second kappa shape index (κ2) is 7.42. The van der Waals surface area contributed by atoms with Crippen molar-refractivity contribution < 1.29 is 4.52 Å². The molecule has 1 atom stereocenters. The standard InChI is InChI=1S/C21H25N7O/c1-27(2)21-25-20(29-26-21)14-7-6-12-28(13-14)19-15-8-5-10-16(15)23-18(24-19)17-9-3-4-11-22-17/h3-4,9,11,14H,5-8,10,12-13H2,1-2H3. The second-order valence-electron chi connectivity index (χ2n) is 7.98. The quantitative estimate of drug-likeness (QED) is 0.671. The molecule has 1 unspecified atom stereocenters. The van der Waals surface area contributed by atoms with Crippen LogP contribution >= 0.6 is 0 Å². The summed E-state index contributed by atoms with van der Waals surface area (Å²) in [5, 5.41) is 4.09. The molecule has 0 amide bonds. The molecule has 0 saturated carbocycles. The highest BCUT2D eigenvalue weighted by Crippen LogP contribution is 2.35. The number of aryl methyl sites for hydroxylation is 1. The third-order valence-corrected chi connectivity index (χ3v) is 5.71. The van der Waals surface area contributed by atoms with Gasteiger partial charge >= 0.3 is 0 Å². The Morgan fingerprint density at radius 3 is 2.83 bits per heavy atom. The van der Waals surface area contributed by atoms with Gasteiger partial charge in [-0.1, -0.05) is 6.07 Å². The van der Waals surface area contributed by atoms with E-state index in [1.165, 1.54) is 11.3 Å². The highest BCUT2D eigenvalue weighted by atomic mass is 16.5. The predicted molar refractivity (Wildman–Crippen MR) is 110 cm³/mol. The van der Waals surface area contributed by atoms with Gasteiger partial charge in [0.25, 0.3) is 5.95 Å². The topological polar surface area (TPSA) is 84.1 Å². The Bertz CT molecular complexity index is 1000. The lowest BCUT2D eigenvalue weighted by Crippen LogP contribution is -2.36. The molecule has 0 radical (unpaired) electrons. The van der Waals surface area contributed by atoms with Gasteiger partial charge in [-0.05, 0) is 49.4 Å². The van der Waals surface area contributed by atoms with Gasteiger partial charge < -0.3 is 14.3 Å². The lowest BCUT2D eigenvalue weighted by molar-refractivity contribution is 0.332. The molecule has 1 aliphatic heterocycles. The highest BCUT2D eigenvalue weighted by molar-refractivity contribution is 5.59. The lowest BCUT2D eigenvalue weighted by atomic mass is 9.97. The number of hydrogen-bond acceptors (Lipinski definition) is 8. The highest BCUT2D eigenvalue weighted by Gasteiger charge is 2.30. The molecule has 8 nitrogen and oxygen atoms in total. The van der Waals surface area contributed by atoms with Crippen molar-refractivity contribution in [3.63, 3.8) is 0 Å². The summed E-state index contributed by atoms with van der Waals surface area (Å²) >= 11 is 0. The Kier molecular flexibility index (Phi) is 4.61. The molecule has 5 rings (SSSR count). The summed E-state index contributed by atoms with van der Waals surface area (Å²) in [7, 11) is 3.84. The Hall–Kier alpha value is -3.03. The number of pyridine rings is 1. The molecule has 3 aromatic rings. The fourth-order valence-electron chi connectivity index (χ4n) is 4.23. The van der Waals surface area contributed by atoms with Crippen molar-refractivity contribution >= 4 is 11.8 Å². The Morgan fingerprint density at radius 1 is 1.10 bits per heavy atom. The smallest absolute Gasteiger partial charge is 0.265 e. The molecule has 8 heteroatoms. The van der Waals surface area contributed by atoms with Crippen LogP contribution in [0.3, 0.4) is 0 Å². The number of hydrogen-bond donors (Lipinski definition) is 0. The molecular weight excluding hydrogens is 366 g/mol. The summed E-state index contributed by atoms with van der Waals surface area (Å²) in [6.07, 6.45) is 7.10. The van der Waals surface area contributed by atoms with E-state index in [1.807, 2.05) is 37.2 Å². The molecule has 29 heavy (non-hydrogen) atoms. The normalized spacial score (nSPS) is 18.7. The predicted octanol–water partition coefficient (Wildman–Crippen LogP) is 2.86. The van der Waals surface area contributed by atoms with Crippen LogP contribution in [0.25, 0.3) is 11.5 Å². The van der Waals surface area contributed by atoms with Gasteiger partial charge in [0.2, 0.25) is 5.89 Å². The minimum Gasteiger partial charge on any atom is -0.355 e. The van der Waals surface area contributed by atoms with E-state index in [2.05, 4.69) is 20.0 Å². The monoisotopic (exact) mass is 391 g/mol. The molecule has 150 valence electrons. The van der Waals surface area contributed by atoms with E-state index in [-0.39, 0.29) is 5.92 Å². The maximum absolute atomic E-state index is 5.56. The third-order valence-electron chi connectivity index (χ3n) is 5.71. The minimum absolute atomic E-state index is 0.218. The second-order valence-corrected chi connectivity index (χ2v) is 7.98. The van der Waals surface area contributed by atoms with Crippen molar-refractivity contribution in [3.05, 3.63) is 41.5 Å². The van der Waals surface area contributed by atoms with Crippen molar-refractivity contribution in [2.24, 2.45) is 0 Å². The maximum atomic E-state index is 5.56. The number of fused-ring (bicyclic) bond motifs is 1. The molecule has 0 aromatic carbocycles. The van der Waals surface area contributed by atoms with Crippen LogP contribution in [0.2, 0.25) is 0 Å². The van der Waals surface area contributed by atoms with E-state index in [0.29, 0.717) is 11.8 Å². The summed E-state index contributed by atoms with van der Waals surface area (Å²) in [5.74, 6) is 3.34. The molecule has 1 saturated heterocycles. The van der Waals surface area contributed by atoms with E-state index >= 15 is 0 Å². The van der Waals surface area contributed by atoms with Gasteiger partial charge in [0, 0.05) is 44.6 Å². The number of nitrogens with zero attached hydrogens (tertiary/aromatic N) is 7. The van der Waals surface area contributed by atoms with Crippen molar-refractivity contribution in [1.29, 1.82) is 0 Å². The van der Waals surface area contributed by atoms with Gasteiger partial charge in [-0.3, -0.25) is 4.98 Å². The van der Waals surface area contributed by atoms with Crippen LogP contribution in [0.1, 0.15) is 42.3 Å². The molecule has 0 bridgehead atoms. The molecule has 2 aliphatic rings. The van der Waals surface area contributed by atoms with Crippen LogP contribution in [0.15, 0.2) is 28.9 Å². The minimum atomic E-state index is 0.218. The number of rotatable bonds is 4. The van der Waals surface area contributed by atoms with Crippen molar-refractivity contribution in [2.45, 2.75) is 38.0 Å². The van der Waals surface area contributed by atoms with Crippen LogP contribution in [0.4, 0.5) is 11.8 Å². The lowest BCUT2D eigenvalue weighted by Gasteiger charge is -2.33. The summed E-state index contributed by atoms with van der Waals surface area (Å²) in [4.78, 5) is 23.1. The number of aromatic nitrogens is 5. The fourth-order valence-corrected chi connectivity index (χ4v) is 4.23. The number of piperidine rings is 1. The van der Waals surface area contributed by atoms with Gasteiger partial charge in [-0.15, -0.1) is 0 Å². The molecule has 0 N–H and O–H groups in total. The SMILES string of the molecule is CN(C)c1noc(C2CCCN(c3nc(-c4ccccn4)nc4c3CCC4)C2)n1. The van der Waals surface area contributed by atoms with Gasteiger partial charge in [-0.25, -0.2) is 9.97 Å². The van der Waals surface area contributed by atoms with E-state index in [4.69, 9.17) is 14.5 Å². The van der Waals surface area contributed by atoms with Gasteiger partial charge in [0.05, 0.1) is 5.92 Å². The average Bonchev–Trinajstić information content (AvgIpc) is 3.43.